The van der Waals surface area contributed by atoms with Crippen LogP contribution in [0.2, 0.25) is 0 Å². The van der Waals surface area contributed by atoms with Gasteiger partial charge in [-0.15, -0.1) is 0 Å². The summed E-state index contributed by atoms with van der Waals surface area (Å²) in [6, 6.07) is 4.77. The summed E-state index contributed by atoms with van der Waals surface area (Å²) in [5, 5.41) is 3.66. The third-order valence-electron chi connectivity index (χ3n) is 3.93. The normalized spacial score (nSPS) is 25.0. The van der Waals surface area contributed by atoms with Crippen LogP contribution in [0.5, 0.6) is 0 Å². The Hall–Kier alpha value is -0.760. The largest absolute Gasteiger partial charge is 0.469 e. The van der Waals surface area contributed by atoms with Crippen molar-refractivity contribution >= 4 is 0 Å². The lowest BCUT2D eigenvalue weighted by Crippen LogP contribution is -2.34. The molecule has 1 aliphatic rings. The van der Waals surface area contributed by atoms with Crippen molar-refractivity contribution in [3.8, 4) is 0 Å². The summed E-state index contributed by atoms with van der Waals surface area (Å²) in [4.78, 5) is 0. The van der Waals surface area contributed by atoms with E-state index >= 15 is 0 Å². The first-order valence-corrected chi connectivity index (χ1v) is 7.14. The van der Waals surface area contributed by atoms with E-state index in [1.807, 2.05) is 6.07 Å². The van der Waals surface area contributed by atoms with Crippen LogP contribution in [0.15, 0.2) is 22.8 Å². The lowest BCUT2D eigenvalue weighted by atomic mass is 9.83. The Kier molecular flexibility index (Phi) is 5.11. The van der Waals surface area contributed by atoms with Crippen molar-refractivity contribution in [2.75, 3.05) is 6.54 Å². The predicted octanol–water partition coefficient (Wildman–Crippen LogP) is 3.77. The molecule has 1 aromatic rings. The maximum Gasteiger partial charge on any atom is 0.105 e. The summed E-state index contributed by atoms with van der Waals surface area (Å²) < 4.78 is 5.33. The van der Waals surface area contributed by atoms with Crippen molar-refractivity contribution in [1.29, 1.82) is 0 Å². The molecule has 1 aromatic heterocycles. The number of nitrogens with one attached hydrogen (secondary N) is 1. The highest BCUT2D eigenvalue weighted by Gasteiger charge is 2.19. The number of furan rings is 1. The molecule has 0 radical (unpaired) electrons. The fourth-order valence-corrected chi connectivity index (χ4v) is 2.92. The molecular weight excluding hydrogens is 210 g/mol. The summed E-state index contributed by atoms with van der Waals surface area (Å²) in [5.74, 6) is 2.10. The van der Waals surface area contributed by atoms with Gasteiger partial charge in [-0.3, -0.25) is 0 Å². The fraction of sp³-hybridized carbons (Fsp3) is 0.733. The molecule has 0 amide bonds. The van der Waals surface area contributed by atoms with Gasteiger partial charge in [-0.1, -0.05) is 19.8 Å². The van der Waals surface area contributed by atoms with Crippen LogP contribution in [0.25, 0.3) is 0 Å². The first-order chi connectivity index (χ1) is 8.38. The van der Waals surface area contributed by atoms with E-state index in [4.69, 9.17) is 4.42 Å². The van der Waals surface area contributed by atoms with E-state index in [9.17, 15) is 0 Å². The summed E-state index contributed by atoms with van der Waals surface area (Å²) >= 11 is 0. The minimum absolute atomic E-state index is 0.748. The molecule has 0 unspecified atom stereocenters. The molecule has 0 saturated heterocycles. The highest BCUT2D eigenvalue weighted by molar-refractivity contribution is 4.98. The maximum absolute atomic E-state index is 5.33. The van der Waals surface area contributed by atoms with Gasteiger partial charge in [0.1, 0.15) is 5.76 Å². The summed E-state index contributed by atoms with van der Waals surface area (Å²) in [6.07, 6.45) is 11.1. The van der Waals surface area contributed by atoms with E-state index in [0.29, 0.717) is 0 Å². The molecule has 1 saturated carbocycles. The number of hydrogen-bond acceptors (Lipinski definition) is 2. The van der Waals surface area contributed by atoms with E-state index in [1.165, 1.54) is 38.5 Å². The standard InChI is InChI=1S/C15H25NO/c1-2-4-13-6-8-14(9-7-13)16-11-10-15-5-3-12-17-15/h3,5,12-14,16H,2,4,6-11H2,1H3. The zero-order valence-corrected chi connectivity index (χ0v) is 11.0. The van der Waals surface area contributed by atoms with Crippen molar-refractivity contribution < 1.29 is 4.42 Å². The Labute approximate surface area is 105 Å². The lowest BCUT2D eigenvalue weighted by molar-refractivity contribution is 0.278. The number of rotatable bonds is 6. The van der Waals surface area contributed by atoms with Crippen LogP contribution in [-0.4, -0.2) is 12.6 Å². The Morgan fingerprint density at radius 3 is 2.76 bits per heavy atom. The van der Waals surface area contributed by atoms with Crippen LogP contribution in [0.4, 0.5) is 0 Å². The molecule has 2 heteroatoms. The Morgan fingerprint density at radius 2 is 2.12 bits per heavy atom. The van der Waals surface area contributed by atoms with Crippen molar-refractivity contribution in [2.45, 2.75) is 57.9 Å². The van der Waals surface area contributed by atoms with Gasteiger partial charge in [0, 0.05) is 19.0 Å². The smallest absolute Gasteiger partial charge is 0.105 e. The molecule has 0 aromatic carbocycles. The third kappa shape index (κ3) is 4.19. The minimum atomic E-state index is 0.748. The average molecular weight is 235 g/mol. The second-order valence-corrected chi connectivity index (χ2v) is 5.29. The van der Waals surface area contributed by atoms with Crippen LogP contribution in [0.1, 0.15) is 51.2 Å². The first kappa shape index (κ1) is 12.7. The topological polar surface area (TPSA) is 25.2 Å². The van der Waals surface area contributed by atoms with Gasteiger partial charge in [0.25, 0.3) is 0 Å². The quantitative estimate of drug-likeness (QED) is 0.812. The lowest BCUT2D eigenvalue weighted by Gasteiger charge is -2.29. The molecule has 0 bridgehead atoms. The molecule has 96 valence electrons. The fourth-order valence-electron chi connectivity index (χ4n) is 2.92. The Balaban J connectivity index is 1.58. The molecule has 1 N–H and O–H groups in total. The molecule has 0 spiro atoms. The van der Waals surface area contributed by atoms with Gasteiger partial charge < -0.3 is 9.73 Å². The summed E-state index contributed by atoms with van der Waals surface area (Å²) in [6.45, 7) is 3.35. The second kappa shape index (κ2) is 6.85. The maximum atomic E-state index is 5.33. The van der Waals surface area contributed by atoms with Crippen LogP contribution in [0.3, 0.4) is 0 Å². The van der Waals surface area contributed by atoms with E-state index in [0.717, 1.165) is 30.7 Å². The molecule has 0 atom stereocenters. The molecule has 1 fully saturated rings. The molecule has 0 aliphatic heterocycles. The van der Waals surface area contributed by atoms with Crippen molar-refractivity contribution in [1.82, 2.24) is 5.32 Å². The van der Waals surface area contributed by atoms with Crippen molar-refractivity contribution in [2.24, 2.45) is 5.92 Å². The number of hydrogen-bond donors (Lipinski definition) is 1. The zero-order chi connectivity index (χ0) is 11.9. The van der Waals surface area contributed by atoms with E-state index < -0.39 is 0 Å². The molecule has 2 nitrogen and oxygen atoms in total. The van der Waals surface area contributed by atoms with E-state index in [2.05, 4.69) is 18.3 Å². The summed E-state index contributed by atoms with van der Waals surface area (Å²) in [7, 11) is 0. The molecule has 1 aliphatic carbocycles. The van der Waals surface area contributed by atoms with Gasteiger partial charge in [0.2, 0.25) is 0 Å². The minimum Gasteiger partial charge on any atom is -0.469 e. The second-order valence-electron chi connectivity index (χ2n) is 5.29. The predicted molar refractivity (Wildman–Crippen MR) is 71.1 cm³/mol. The molecular formula is C15H25NO. The summed E-state index contributed by atoms with van der Waals surface area (Å²) in [5.41, 5.74) is 0. The average Bonchev–Trinajstić information content (AvgIpc) is 2.85. The van der Waals surface area contributed by atoms with Gasteiger partial charge in [-0.25, -0.2) is 0 Å². The van der Waals surface area contributed by atoms with Crippen molar-refractivity contribution in [3.63, 3.8) is 0 Å². The van der Waals surface area contributed by atoms with Crippen LogP contribution < -0.4 is 5.32 Å². The zero-order valence-electron chi connectivity index (χ0n) is 11.0. The van der Waals surface area contributed by atoms with Gasteiger partial charge in [-0.2, -0.15) is 0 Å². The monoisotopic (exact) mass is 235 g/mol. The molecule has 17 heavy (non-hydrogen) atoms. The van der Waals surface area contributed by atoms with E-state index in [-0.39, 0.29) is 0 Å². The van der Waals surface area contributed by atoms with Gasteiger partial charge >= 0.3 is 0 Å². The van der Waals surface area contributed by atoms with Crippen molar-refractivity contribution in [3.05, 3.63) is 24.2 Å². The third-order valence-corrected chi connectivity index (χ3v) is 3.93. The highest BCUT2D eigenvalue weighted by atomic mass is 16.3. The van der Waals surface area contributed by atoms with Crippen LogP contribution in [-0.2, 0) is 6.42 Å². The van der Waals surface area contributed by atoms with Crippen LogP contribution in [0, 0.1) is 5.92 Å². The Morgan fingerprint density at radius 1 is 1.29 bits per heavy atom. The van der Waals surface area contributed by atoms with E-state index in [1.54, 1.807) is 6.26 Å². The van der Waals surface area contributed by atoms with Gasteiger partial charge in [0.15, 0.2) is 0 Å². The Bertz CT molecular complexity index is 286. The molecule has 2 rings (SSSR count). The first-order valence-electron chi connectivity index (χ1n) is 7.14. The SMILES string of the molecule is CCCC1CCC(NCCc2ccco2)CC1. The van der Waals surface area contributed by atoms with Gasteiger partial charge in [-0.05, 0) is 43.7 Å². The highest BCUT2D eigenvalue weighted by Crippen LogP contribution is 2.27. The van der Waals surface area contributed by atoms with Crippen LogP contribution >= 0.6 is 0 Å². The van der Waals surface area contributed by atoms with Gasteiger partial charge in [0.05, 0.1) is 6.26 Å². The molecule has 1 heterocycles.